The van der Waals surface area contributed by atoms with Crippen LogP contribution in [-0.4, -0.2) is 71.2 Å². The summed E-state index contributed by atoms with van der Waals surface area (Å²) in [5.74, 6) is -0.884. The predicted octanol–water partition coefficient (Wildman–Crippen LogP) is -0.221. The van der Waals surface area contributed by atoms with Crippen LogP contribution in [0.15, 0.2) is 4.79 Å². The minimum atomic E-state index is -1.07. The van der Waals surface area contributed by atoms with Gasteiger partial charge in [0.15, 0.2) is 0 Å². The van der Waals surface area contributed by atoms with Gasteiger partial charge in [-0.1, -0.05) is 0 Å². The van der Waals surface area contributed by atoms with Crippen LogP contribution in [0.25, 0.3) is 0 Å². The molecule has 1 aromatic heterocycles. The second-order valence-corrected chi connectivity index (χ2v) is 6.07. The number of hydrogen-bond acceptors (Lipinski definition) is 6. The van der Waals surface area contributed by atoms with Gasteiger partial charge in [0.1, 0.15) is 6.04 Å². The first-order valence-electron chi connectivity index (χ1n) is 8.22. The van der Waals surface area contributed by atoms with E-state index in [2.05, 4.69) is 9.97 Å². The maximum atomic E-state index is 12.4. The standard InChI is InChI=1S/C16H24N4O5/c1-10-12(4-5-13(21)19(3)11(2)15(23)24)14(22)18-16(17-10)20-6-8-25-9-7-20/h11H,4-9H2,1-3H3,(H,23,24)(H,17,18,22). The van der Waals surface area contributed by atoms with Crippen LogP contribution >= 0.6 is 0 Å². The Labute approximate surface area is 145 Å². The summed E-state index contributed by atoms with van der Waals surface area (Å²) in [6.07, 6.45) is 0.268. The molecular formula is C16H24N4O5. The number of aliphatic carboxylic acids is 1. The van der Waals surface area contributed by atoms with Crippen LogP contribution in [0, 0.1) is 6.92 Å². The number of hydrogen-bond donors (Lipinski definition) is 2. The molecule has 1 aliphatic rings. The van der Waals surface area contributed by atoms with Gasteiger partial charge in [-0.15, -0.1) is 0 Å². The van der Waals surface area contributed by atoms with Gasteiger partial charge >= 0.3 is 5.97 Å². The van der Waals surface area contributed by atoms with Crippen LogP contribution in [0.3, 0.4) is 0 Å². The monoisotopic (exact) mass is 352 g/mol. The molecule has 1 fully saturated rings. The molecule has 0 aliphatic carbocycles. The molecule has 0 bridgehead atoms. The smallest absolute Gasteiger partial charge is 0.326 e. The molecule has 1 atom stereocenters. The Kier molecular flexibility index (Phi) is 6.13. The lowest BCUT2D eigenvalue weighted by atomic mass is 10.1. The van der Waals surface area contributed by atoms with E-state index in [4.69, 9.17) is 9.84 Å². The van der Waals surface area contributed by atoms with Gasteiger partial charge in [-0.25, -0.2) is 9.78 Å². The SMILES string of the molecule is Cc1nc(N2CCOCC2)[nH]c(=O)c1CCC(=O)N(C)C(C)C(=O)O. The summed E-state index contributed by atoms with van der Waals surface area (Å²) in [4.78, 5) is 45.7. The second-order valence-electron chi connectivity index (χ2n) is 6.07. The maximum Gasteiger partial charge on any atom is 0.326 e. The number of morpholine rings is 1. The third kappa shape index (κ3) is 4.56. The molecule has 9 nitrogen and oxygen atoms in total. The van der Waals surface area contributed by atoms with E-state index in [1.807, 2.05) is 4.90 Å². The van der Waals surface area contributed by atoms with Gasteiger partial charge in [0.2, 0.25) is 11.9 Å². The minimum Gasteiger partial charge on any atom is -0.480 e. The Morgan fingerprint density at radius 3 is 2.60 bits per heavy atom. The number of carbonyl (C=O) groups excluding carboxylic acids is 1. The fraction of sp³-hybridized carbons (Fsp3) is 0.625. The Hall–Kier alpha value is -2.42. The van der Waals surface area contributed by atoms with Crippen molar-refractivity contribution in [3.63, 3.8) is 0 Å². The lowest BCUT2D eigenvalue weighted by Gasteiger charge is -2.27. The van der Waals surface area contributed by atoms with E-state index in [1.165, 1.54) is 18.9 Å². The van der Waals surface area contributed by atoms with Crippen LogP contribution in [-0.2, 0) is 20.7 Å². The number of ether oxygens (including phenoxy) is 1. The molecule has 1 aliphatic heterocycles. The van der Waals surface area contributed by atoms with Crippen LogP contribution in [0.4, 0.5) is 5.95 Å². The summed E-state index contributed by atoms with van der Waals surface area (Å²) < 4.78 is 5.28. The fourth-order valence-corrected chi connectivity index (χ4v) is 2.60. The number of carbonyl (C=O) groups is 2. The first-order chi connectivity index (χ1) is 11.8. The van der Waals surface area contributed by atoms with Crippen molar-refractivity contribution < 1.29 is 19.4 Å². The maximum absolute atomic E-state index is 12.4. The van der Waals surface area contributed by atoms with Crippen molar-refractivity contribution in [3.8, 4) is 0 Å². The van der Waals surface area contributed by atoms with Crippen molar-refractivity contribution in [3.05, 3.63) is 21.6 Å². The number of rotatable bonds is 6. The lowest BCUT2D eigenvalue weighted by molar-refractivity contribution is -0.148. The molecule has 2 N–H and O–H groups in total. The summed E-state index contributed by atoms with van der Waals surface area (Å²) in [6, 6.07) is -0.909. The largest absolute Gasteiger partial charge is 0.480 e. The zero-order chi connectivity index (χ0) is 18.6. The number of amides is 1. The normalized spacial score (nSPS) is 15.7. The lowest BCUT2D eigenvalue weighted by Crippen LogP contribution is -2.40. The highest BCUT2D eigenvalue weighted by Gasteiger charge is 2.22. The average Bonchev–Trinajstić information content (AvgIpc) is 2.59. The highest BCUT2D eigenvalue weighted by Crippen LogP contribution is 2.12. The van der Waals surface area contributed by atoms with E-state index in [0.717, 1.165) is 0 Å². The number of aromatic nitrogens is 2. The number of H-pyrrole nitrogens is 1. The summed E-state index contributed by atoms with van der Waals surface area (Å²) >= 11 is 0. The predicted molar refractivity (Wildman–Crippen MR) is 90.8 cm³/mol. The quantitative estimate of drug-likeness (QED) is 0.727. The number of carboxylic acids is 1. The molecule has 0 saturated carbocycles. The number of aryl methyl sites for hydroxylation is 1. The highest BCUT2D eigenvalue weighted by atomic mass is 16.5. The van der Waals surface area contributed by atoms with E-state index in [1.54, 1.807) is 6.92 Å². The number of anilines is 1. The molecule has 0 spiro atoms. The van der Waals surface area contributed by atoms with Crippen molar-refractivity contribution in [1.82, 2.24) is 14.9 Å². The minimum absolute atomic E-state index is 0.0522. The van der Waals surface area contributed by atoms with Crippen molar-refractivity contribution >= 4 is 17.8 Å². The van der Waals surface area contributed by atoms with E-state index < -0.39 is 12.0 Å². The van der Waals surface area contributed by atoms with Crippen LogP contribution in [0.5, 0.6) is 0 Å². The summed E-state index contributed by atoms with van der Waals surface area (Å²) in [5, 5.41) is 8.96. The molecule has 0 aromatic carbocycles. The zero-order valence-corrected chi connectivity index (χ0v) is 14.7. The fourth-order valence-electron chi connectivity index (χ4n) is 2.60. The van der Waals surface area contributed by atoms with Crippen LogP contribution < -0.4 is 10.5 Å². The molecule has 25 heavy (non-hydrogen) atoms. The van der Waals surface area contributed by atoms with E-state index in [-0.39, 0.29) is 24.3 Å². The van der Waals surface area contributed by atoms with Crippen molar-refractivity contribution in [2.45, 2.75) is 32.7 Å². The average molecular weight is 352 g/mol. The van der Waals surface area contributed by atoms with E-state index in [9.17, 15) is 14.4 Å². The Morgan fingerprint density at radius 1 is 1.40 bits per heavy atom. The molecule has 2 rings (SSSR count). The highest BCUT2D eigenvalue weighted by molar-refractivity contribution is 5.83. The van der Waals surface area contributed by atoms with Gasteiger partial charge in [0, 0.05) is 37.8 Å². The second kappa shape index (κ2) is 8.11. The molecule has 1 aromatic rings. The number of nitrogens with one attached hydrogen (secondary N) is 1. The zero-order valence-electron chi connectivity index (χ0n) is 14.7. The van der Waals surface area contributed by atoms with Crippen molar-refractivity contribution in [2.75, 3.05) is 38.3 Å². The summed E-state index contributed by atoms with van der Waals surface area (Å²) in [6.45, 7) is 5.69. The number of nitrogens with zero attached hydrogens (tertiary/aromatic N) is 3. The third-order valence-electron chi connectivity index (χ3n) is 4.44. The van der Waals surface area contributed by atoms with Gasteiger partial charge in [-0.2, -0.15) is 0 Å². The molecular weight excluding hydrogens is 328 g/mol. The Morgan fingerprint density at radius 2 is 2.04 bits per heavy atom. The van der Waals surface area contributed by atoms with Gasteiger partial charge in [0.25, 0.3) is 5.56 Å². The van der Waals surface area contributed by atoms with E-state index in [0.29, 0.717) is 43.5 Å². The topological polar surface area (TPSA) is 116 Å². The van der Waals surface area contributed by atoms with Gasteiger partial charge in [-0.3, -0.25) is 14.6 Å². The van der Waals surface area contributed by atoms with Crippen molar-refractivity contribution in [1.29, 1.82) is 0 Å². The molecule has 2 heterocycles. The van der Waals surface area contributed by atoms with Crippen LogP contribution in [0.1, 0.15) is 24.6 Å². The number of carboxylic acid groups (broad SMARTS) is 1. The molecule has 9 heteroatoms. The summed E-state index contributed by atoms with van der Waals surface area (Å²) in [5.41, 5.74) is 0.754. The molecule has 0 radical (unpaired) electrons. The van der Waals surface area contributed by atoms with Gasteiger partial charge < -0.3 is 19.6 Å². The first-order valence-corrected chi connectivity index (χ1v) is 8.22. The molecule has 1 amide bonds. The van der Waals surface area contributed by atoms with E-state index >= 15 is 0 Å². The molecule has 1 unspecified atom stereocenters. The van der Waals surface area contributed by atoms with Gasteiger partial charge in [-0.05, 0) is 20.3 Å². The summed E-state index contributed by atoms with van der Waals surface area (Å²) in [7, 11) is 1.44. The van der Waals surface area contributed by atoms with Gasteiger partial charge in [0.05, 0.1) is 13.2 Å². The molecule has 138 valence electrons. The number of likely N-dealkylation sites (N-methyl/N-ethyl adjacent to an activating group) is 1. The Balaban J connectivity index is 2.06. The van der Waals surface area contributed by atoms with Crippen LogP contribution in [0.2, 0.25) is 0 Å². The Bertz CT molecular complexity index is 696. The number of aromatic amines is 1. The first kappa shape index (κ1) is 18.9. The van der Waals surface area contributed by atoms with Crippen molar-refractivity contribution in [2.24, 2.45) is 0 Å². The molecule has 1 saturated heterocycles. The third-order valence-corrected chi connectivity index (χ3v) is 4.44.